The van der Waals surface area contributed by atoms with Crippen molar-refractivity contribution >= 4 is 33.7 Å². The smallest absolute Gasteiger partial charge is 0.289 e. The van der Waals surface area contributed by atoms with Gasteiger partial charge in [0.05, 0.1) is 11.9 Å². The van der Waals surface area contributed by atoms with Crippen molar-refractivity contribution in [2.75, 3.05) is 0 Å². The zero-order valence-corrected chi connectivity index (χ0v) is 17.7. The highest BCUT2D eigenvalue weighted by Gasteiger charge is 2.18. The number of hydrazone groups is 1. The number of carbonyl (C=O) groups is 1. The van der Waals surface area contributed by atoms with Gasteiger partial charge in [0.25, 0.3) is 5.91 Å². The molecular formula is C27H20N4O2. The van der Waals surface area contributed by atoms with Crippen LogP contribution in [0.2, 0.25) is 0 Å². The molecule has 6 rings (SSSR count). The molecule has 0 unspecified atom stereocenters. The van der Waals surface area contributed by atoms with Gasteiger partial charge in [0.15, 0.2) is 0 Å². The molecule has 0 radical (unpaired) electrons. The molecule has 0 atom stereocenters. The van der Waals surface area contributed by atoms with Gasteiger partial charge in [-0.25, -0.2) is 5.43 Å². The molecule has 1 aliphatic carbocycles. The van der Waals surface area contributed by atoms with Gasteiger partial charge in [-0.05, 0) is 57.6 Å². The van der Waals surface area contributed by atoms with E-state index in [0.717, 1.165) is 34.6 Å². The Labute approximate surface area is 189 Å². The van der Waals surface area contributed by atoms with Gasteiger partial charge in [0.1, 0.15) is 11.4 Å². The number of carbonyl (C=O) groups excluding carboxylic acids is 1. The number of hydrogen-bond acceptors (Lipinski definition) is 4. The summed E-state index contributed by atoms with van der Waals surface area (Å²) in [5.74, 6) is -0.307. The highest BCUT2D eigenvalue weighted by molar-refractivity contribution is 6.04. The molecule has 0 bridgehead atoms. The van der Waals surface area contributed by atoms with Crippen molar-refractivity contribution in [3.63, 3.8) is 0 Å². The van der Waals surface area contributed by atoms with Gasteiger partial charge in [-0.2, -0.15) is 10.2 Å². The van der Waals surface area contributed by atoms with Gasteiger partial charge in [-0.1, -0.05) is 60.7 Å². The monoisotopic (exact) mass is 432 g/mol. The van der Waals surface area contributed by atoms with Gasteiger partial charge in [-0.3, -0.25) is 9.89 Å². The van der Waals surface area contributed by atoms with Gasteiger partial charge < -0.3 is 5.11 Å². The number of phenols is 1. The average Bonchev–Trinajstić information content (AvgIpc) is 3.50. The van der Waals surface area contributed by atoms with Crippen molar-refractivity contribution in [3.05, 3.63) is 95.2 Å². The summed E-state index contributed by atoms with van der Waals surface area (Å²) in [5.41, 5.74) is 7.82. The highest BCUT2D eigenvalue weighted by atomic mass is 16.3. The van der Waals surface area contributed by atoms with Crippen LogP contribution < -0.4 is 5.43 Å². The second-order valence-electron chi connectivity index (χ2n) is 8.20. The van der Waals surface area contributed by atoms with E-state index in [9.17, 15) is 9.90 Å². The summed E-state index contributed by atoms with van der Waals surface area (Å²) in [6, 6.07) is 23.5. The number of benzene rings is 4. The zero-order chi connectivity index (χ0) is 22.4. The summed E-state index contributed by atoms with van der Waals surface area (Å²) in [7, 11) is 0. The van der Waals surface area contributed by atoms with E-state index in [1.807, 2.05) is 30.3 Å². The maximum Gasteiger partial charge on any atom is 0.289 e. The van der Waals surface area contributed by atoms with Crippen molar-refractivity contribution in [2.24, 2.45) is 5.10 Å². The molecule has 0 spiro atoms. The predicted molar refractivity (Wildman–Crippen MR) is 130 cm³/mol. The van der Waals surface area contributed by atoms with Gasteiger partial charge in [-0.15, -0.1) is 0 Å². The molecule has 1 aliphatic rings. The lowest BCUT2D eigenvalue weighted by atomic mass is 9.98. The van der Waals surface area contributed by atoms with Crippen molar-refractivity contribution < 1.29 is 9.90 Å². The van der Waals surface area contributed by atoms with Crippen LogP contribution in [0.25, 0.3) is 32.8 Å². The number of rotatable bonds is 4. The van der Waals surface area contributed by atoms with Crippen molar-refractivity contribution in [3.8, 4) is 17.0 Å². The Balaban J connectivity index is 1.26. The molecule has 6 nitrogen and oxygen atoms in total. The third kappa shape index (κ3) is 3.24. The maximum atomic E-state index is 12.7. The lowest BCUT2D eigenvalue weighted by molar-refractivity contribution is 0.0950. The van der Waals surface area contributed by atoms with E-state index in [1.54, 1.807) is 12.1 Å². The normalized spacial score (nSPS) is 12.7. The Hall–Kier alpha value is -4.45. The third-order valence-corrected chi connectivity index (χ3v) is 6.28. The first-order valence-corrected chi connectivity index (χ1v) is 10.8. The molecule has 33 heavy (non-hydrogen) atoms. The summed E-state index contributed by atoms with van der Waals surface area (Å²) in [6.45, 7) is 0. The van der Waals surface area contributed by atoms with Crippen LogP contribution in [-0.2, 0) is 12.8 Å². The number of nitrogens with zero attached hydrogens (tertiary/aromatic N) is 2. The lowest BCUT2D eigenvalue weighted by Crippen LogP contribution is -2.18. The van der Waals surface area contributed by atoms with E-state index in [4.69, 9.17) is 0 Å². The van der Waals surface area contributed by atoms with Crippen LogP contribution in [0.3, 0.4) is 0 Å². The van der Waals surface area contributed by atoms with E-state index in [-0.39, 0.29) is 5.75 Å². The topological polar surface area (TPSA) is 90.4 Å². The Morgan fingerprint density at radius 1 is 0.970 bits per heavy atom. The number of H-pyrrole nitrogens is 1. The molecule has 0 saturated carbocycles. The first kappa shape index (κ1) is 19.3. The minimum Gasteiger partial charge on any atom is -0.507 e. The maximum absolute atomic E-state index is 12.7. The zero-order valence-electron chi connectivity index (χ0n) is 17.7. The van der Waals surface area contributed by atoms with Crippen molar-refractivity contribution in [1.29, 1.82) is 0 Å². The molecule has 1 amide bonds. The van der Waals surface area contributed by atoms with E-state index in [0.29, 0.717) is 17.0 Å². The fourth-order valence-corrected chi connectivity index (χ4v) is 4.68. The molecule has 3 N–H and O–H groups in total. The second-order valence-corrected chi connectivity index (χ2v) is 8.20. The first-order chi connectivity index (χ1) is 16.2. The number of fused-ring (bicyclic) bond motifs is 1. The molecule has 4 aromatic carbocycles. The minimum atomic E-state index is -0.407. The van der Waals surface area contributed by atoms with Crippen molar-refractivity contribution in [2.45, 2.75) is 12.8 Å². The van der Waals surface area contributed by atoms with E-state index >= 15 is 0 Å². The van der Waals surface area contributed by atoms with E-state index in [1.165, 1.54) is 22.7 Å². The van der Waals surface area contributed by atoms with Crippen LogP contribution in [0.1, 0.15) is 27.2 Å². The van der Waals surface area contributed by atoms with E-state index in [2.05, 4.69) is 51.1 Å². The fraction of sp³-hybridized carbons (Fsp3) is 0.0741. The van der Waals surface area contributed by atoms with Gasteiger partial charge in [0.2, 0.25) is 0 Å². The van der Waals surface area contributed by atoms with Crippen LogP contribution in [0, 0.1) is 0 Å². The summed E-state index contributed by atoms with van der Waals surface area (Å²) < 4.78 is 0. The van der Waals surface area contributed by atoms with Crippen LogP contribution in [0.5, 0.6) is 5.75 Å². The number of nitrogens with one attached hydrogen (secondary N) is 2. The quantitative estimate of drug-likeness (QED) is 0.277. The molecule has 160 valence electrons. The molecular weight excluding hydrogens is 412 g/mol. The number of aromatic hydroxyl groups is 1. The average molecular weight is 432 g/mol. The minimum absolute atomic E-state index is 0.0996. The molecule has 1 heterocycles. The molecule has 1 aromatic heterocycles. The number of amides is 1. The molecule has 0 aliphatic heterocycles. The standard InChI is InChI=1S/C27H20N4O2/c32-25-13-11-16-4-1-2-6-19(16)22(25)15-28-31-27(33)24-14-23(29-30-24)20-12-10-18-9-8-17-5-3-7-21(20)26(17)18/h1-7,10-15,32H,8-9H2,(H,29,30)(H,31,33)/b28-15-. The Morgan fingerprint density at radius 3 is 2.70 bits per heavy atom. The van der Waals surface area contributed by atoms with Crippen LogP contribution in [0.15, 0.2) is 77.9 Å². The SMILES string of the molecule is O=C(N/N=C\c1c(O)ccc2ccccc12)c1cc(-c2ccc3c4c(cccc24)CC3)n[nH]1. The highest BCUT2D eigenvalue weighted by Crippen LogP contribution is 2.36. The fourth-order valence-electron chi connectivity index (χ4n) is 4.68. The largest absolute Gasteiger partial charge is 0.507 e. The Bertz CT molecular complexity index is 1570. The number of hydrogen-bond donors (Lipinski definition) is 3. The summed E-state index contributed by atoms with van der Waals surface area (Å²) in [6.07, 6.45) is 3.58. The molecule has 5 aromatic rings. The lowest BCUT2D eigenvalue weighted by Gasteiger charge is -2.06. The van der Waals surface area contributed by atoms with Gasteiger partial charge in [0, 0.05) is 11.1 Å². The molecule has 0 fully saturated rings. The number of phenolic OH excluding ortho intramolecular Hbond substituents is 1. The van der Waals surface area contributed by atoms with Crippen LogP contribution in [-0.4, -0.2) is 27.4 Å². The van der Waals surface area contributed by atoms with Crippen molar-refractivity contribution in [1.82, 2.24) is 15.6 Å². The first-order valence-electron chi connectivity index (χ1n) is 10.8. The summed E-state index contributed by atoms with van der Waals surface area (Å²) >= 11 is 0. The second kappa shape index (κ2) is 7.60. The van der Waals surface area contributed by atoms with Crippen LogP contribution >= 0.6 is 0 Å². The molecule has 0 saturated heterocycles. The Morgan fingerprint density at radius 2 is 1.79 bits per heavy atom. The number of aryl methyl sites for hydroxylation is 2. The number of aromatic nitrogens is 2. The van der Waals surface area contributed by atoms with E-state index < -0.39 is 5.91 Å². The van der Waals surface area contributed by atoms with Crippen LogP contribution in [0.4, 0.5) is 0 Å². The van der Waals surface area contributed by atoms with Gasteiger partial charge >= 0.3 is 0 Å². The Kier molecular flexibility index (Phi) is 4.43. The predicted octanol–water partition coefficient (Wildman–Crippen LogP) is 4.95. The molecule has 6 heteroatoms. The summed E-state index contributed by atoms with van der Waals surface area (Å²) in [4.78, 5) is 12.7. The third-order valence-electron chi connectivity index (χ3n) is 6.28. The number of aromatic amines is 1. The summed E-state index contributed by atoms with van der Waals surface area (Å²) in [5, 5.41) is 25.8.